The van der Waals surface area contributed by atoms with Crippen molar-refractivity contribution in [3.05, 3.63) is 0 Å². The zero-order valence-electron chi connectivity index (χ0n) is 10.8. The molecule has 0 aliphatic carbocycles. The maximum atomic E-state index is 11.7. The summed E-state index contributed by atoms with van der Waals surface area (Å²) in [7, 11) is 0. The van der Waals surface area contributed by atoms with Crippen LogP contribution in [0.2, 0.25) is 0 Å². The number of nitrogens with two attached hydrogens (primary N) is 1. The van der Waals surface area contributed by atoms with E-state index >= 15 is 0 Å². The van der Waals surface area contributed by atoms with Crippen LogP contribution < -0.4 is 11.1 Å². The smallest absolute Gasteiger partial charge is 0.220 e. The molecule has 4 heteroatoms. The molecular formula is C12H26N2OS. The van der Waals surface area contributed by atoms with E-state index in [1.165, 1.54) is 0 Å². The average molecular weight is 246 g/mol. The molecule has 0 aromatic rings. The molecule has 0 fully saturated rings. The van der Waals surface area contributed by atoms with Crippen molar-refractivity contribution >= 4 is 17.7 Å². The molecular weight excluding hydrogens is 220 g/mol. The molecule has 0 radical (unpaired) electrons. The third-order valence-electron chi connectivity index (χ3n) is 3.15. The van der Waals surface area contributed by atoms with E-state index in [9.17, 15) is 4.79 Å². The first-order chi connectivity index (χ1) is 7.64. The highest BCUT2D eigenvalue weighted by atomic mass is 32.2. The lowest BCUT2D eigenvalue weighted by Gasteiger charge is -2.31. The van der Waals surface area contributed by atoms with Crippen LogP contribution in [0.4, 0.5) is 0 Å². The molecule has 0 saturated carbocycles. The number of thioether (sulfide) groups is 1. The third kappa shape index (κ3) is 5.75. The van der Waals surface area contributed by atoms with Gasteiger partial charge in [0.1, 0.15) is 0 Å². The summed E-state index contributed by atoms with van der Waals surface area (Å²) in [6, 6.07) is 0. The summed E-state index contributed by atoms with van der Waals surface area (Å²) < 4.78 is 0. The van der Waals surface area contributed by atoms with Gasteiger partial charge in [0, 0.05) is 13.0 Å². The van der Waals surface area contributed by atoms with Gasteiger partial charge in [-0.1, -0.05) is 13.8 Å². The van der Waals surface area contributed by atoms with Crippen molar-refractivity contribution < 1.29 is 4.79 Å². The van der Waals surface area contributed by atoms with E-state index in [2.05, 4.69) is 25.4 Å². The Bertz CT molecular complexity index is 185. The Morgan fingerprint density at radius 2 is 1.94 bits per heavy atom. The maximum absolute atomic E-state index is 11.7. The van der Waals surface area contributed by atoms with Crippen molar-refractivity contribution in [2.45, 2.75) is 51.5 Å². The van der Waals surface area contributed by atoms with E-state index in [4.69, 9.17) is 5.73 Å². The molecule has 0 aliphatic heterocycles. The largest absolute Gasteiger partial charge is 0.349 e. The van der Waals surface area contributed by atoms with E-state index in [-0.39, 0.29) is 11.4 Å². The molecule has 0 rings (SSSR count). The summed E-state index contributed by atoms with van der Waals surface area (Å²) in [4.78, 5) is 11.7. The SMILES string of the molecule is CCC(CC)(CN)NC(=O)CCCCSC. The van der Waals surface area contributed by atoms with Gasteiger partial charge in [0.25, 0.3) is 0 Å². The van der Waals surface area contributed by atoms with Gasteiger partial charge < -0.3 is 11.1 Å². The minimum absolute atomic E-state index is 0.148. The number of rotatable bonds is 9. The average Bonchev–Trinajstić information content (AvgIpc) is 2.32. The summed E-state index contributed by atoms with van der Waals surface area (Å²) in [6.45, 7) is 4.67. The minimum atomic E-state index is -0.184. The molecule has 96 valence electrons. The van der Waals surface area contributed by atoms with Crippen molar-refractivity contribution in [3.63, 3.8) is 0 Å². The number of carbonyl (C=O) groups is 1. The van der Waals surface area contributed by atoms with Gasteiger partial charge in [-0.3, -0.25) is 4.79 Å². The van der Waals surface area contributed by atoms with E-state index in [0.29, 0.717) is 13.0 Å². The molecule has 0 spiro atoms. The van der Waals surface area contributed by atoms with E-state index in [1.54, 1.807) is 0 Å². The number of unbranched alkanes of at least 4 members (excludes halogenated alkanes) is 1. The van der Waals surface area contributed by atoms with E-state index in [1.807, 2.05) is 11.8 Å². The van der Waals surface area contributed by atoms with E-state index in [0.717, 1.165) is 31.4 Å². The summed E-state index contributed by atoms with van der Waals surface area (Å²) in [5.74, 6) is 1.28. The Morgan fingerprint density at radius 1 is 1.31 bits per heavy atom. The van der Waals surface area contributed by atoms with Crippen LogP contribution in [0.1, 0.15) is 46.0 Å². The van der Waals surface area contributed by atoms with Gasteiger partial charge in [0.15, 0.2) is 0 Å². The molecule has 3 N–H and O–H groups in total. The van der Waals surface area contributed by atoms with Gasteiger partial charge in [-0.25, -0.2) is 0 Å². The van der Waals surface area contributed by atoms with Gasteiger partial charge in [-0.15, -0.1) is 0 Å². The lowest BCUT2D eigenvalue weighted by atomic mass is 9.92. The van der Waals surface area contributed by atoms with E-state index < -0.39 is 0 Å². The van der Waals surface area contributed by atoms with Crippen LogP contribution in [-0.2, 0) is 4.79 Å². The third-order valence-corrected chi connectivity index (χ3v) is 3.85. The number of carbonyl (C=O) groups excluding carboxylic acids is 1. The van der Waals surface area contributed by atoms with Crippen LogP contribution in [0.5, 0.6) is 0 Å². The molecule has 1 amide bonds. The minimum Gasteiger partial charge on any atom is -0.349 e. The predicted octanol–water partition coefficient (Wildman–Crippen LogP) is 2.15. The second-order valence-corrected chi connectivity index (χ2v) is 5.18. The molecule has 0 heterocycles. The molecule has 0 atom stereocenters. The Labute approximate surface area is 104 Å². The zero-order chi connectivity index (χ0) is 12.4. The molecule has 0 saturated heterocycles. The lowest BCUT2D eigenvalue weighted by molar-refractivity contribution is -0.123. The van der Waals surface area contributed by atoms with Gasteiger partial charge in [0.2, 0.25) is 5.91 Å². The summed E-state index contributed by atoms with van der Waals surface area (Å²) in [5.41, 5.74) is 5.55. The summed E-state index contributed by atoms with van der Waals surface area (Å²) in [5, 5.41) is 3.09. The van der Waals surface area contributed by atoms with Crippen LogP contribution in [0.15, 0.2) is 0 Å². The van der Waals surface area contributed by atoms with Gasteiger partial charge >= 0.3 is 0 Å². The molecule has 0 bridgehead atoms. The Balaban J connectivity index is 3.91. The monoisotopic (exact) mass is 246 g/mol. The zero-order valence-corrected chi connectivity index (χ0v) is 11.7. The van der Waals surface area contributed by atoms with Crippen LogP contribution in [0, 0.1) is 0 Å². The van der Waals surface area contributed by atoms with Crippen LogP contribution in [0.25, 0.3) is 0 Å². The number of hydrogen-bond donors (Lipinski definition) is 2. The fourth-order valence-corrected chi connectivity index (χ4v) is 2.15. The fraction of sp³-hybridized carbons (Fsp3) is 0.917. The molecule has 3 nitrogen and oxygen atoms in total. The normalized spacial score (nSPS) is 11.5. The van der Waals surface area contributed by atoms with Crippen LogP contribution in [-0.4, -0.2) is 30.0 Å². The second kappa shape index (κ2) is 8.88. The van der Waals surface area contributed by atoms with Crippen LogP contribution >= 0.6 is 11.8 Å². The Hall–Kier alpha value is -0.220. The number of hydrogen-bond acceptors (Lipinski definition) is 3. The van der Waals surface area contributed by atoms with Gasteiger partial charge in [-0.2, -0.15) is 11.8 Å². The van der Waals surface area contributed by atoms with Crippen molar-refractivity contribution in [2.75, 3.05) is 18.6 Å². The summed E-state index contributed by atoms with van der Waals surface area (Å²) >= 11 is 1.83. The molecule has 0 aliphatic rings. The Morgan fingerprint density at radius 3 is 2.38 bits per heavy atom. The first kappa shape index (κ1) is 15.8. The number of nitrogens with one attached hydrogen (secondary N) is 1. The highest BCUT2D eigenvalue weighted by Crippen LogP contribution is 2.14. The highest BCUT2D eigenvalue weighted by Gasteiger charge is 2.25. The predicted molar refractivity (Wildman–Crippen MR) is 72.7 cm³/mol. The van der Waals surface area contributed by atoms with Gasteiger partial charge in [0.05, 0.1) is 5.54 Å². The Kier molecular flexibility index (Phi) is 8.76. The second-order valence-electron chi connectivity index (χ2n) is 4.19. The molecule has 16 heavy (non-hydrogen) atoms. The first-order valence-corrected chi connectivity index (χ1v) is 7.53. The fourth-order valence-electron chi connectivity index (χ4n) is 1.66. The quantitative estimate of drug-likeness (QED) is 0.613. The molecule has 0 aromatic heterocycles. The van der Waals surface area contributed by atoms with Crippen LogP contribution in [0.3, 0.4) is 0 Å². The van der Waals surface area contributed by atoms with Gasteiger partial charge in [-0.05, 0) is 37.7 Å². The summed E-state index contributed by atoms with van der Waals surface area (Å²) in [6.07, 6.45) is 6.60. The molecule has 0 aromatic carbocycles. The maximum Gasteiger partial charge on any atom is 0.220 e. The van der Waals surface area contributed by atoms with Crippen molar-refractivity contribution in [3.8, 4) is 0 Å². The van der Waals surface area contributed by atoms with Crippen molar-refractivity contribution in [2.24, 2.45) is 5.73 Å². The number of amides is 1. The van der Waals surface area contributed by atoms with Crippen molar-refractivity contribution in [1.82, 2.24) is 5.32 Å². The molecule has 0 unspecified atom stereocenters. The first-order valence-electron chi connectivity index (χ1n) is 6.14. The van der Waals surface area contributed by atoms with Crippen molar-refractivity contribution in [1.29, 1.82) is 0 Å². The highest BCUT2D eigenvalue weighted by molar-refractivity contribution is 7.98. The standard InChI is InChI=1S/C12H26N2OS/c1-4-12(5-2,10-13)14-11(15)8-6-7-9-16-3/h4-10,13H2,1-3H3,(H,14,15). The topological polar surface area (TPSA) is 55.1 Å². The lowest BCUT2D eigenvalue weighted by Crippen LogP contribution is -2.52.